The largest absolute Gasteiger partial charge is 0.364 e. The van der Waals surface area contributed by atoms with Crippen molar-refractivity contribution in [3.63, 3.8) is 0 Å². The van der Waals surface area contributed by atoms with Crippen LogP contribution in [0.25, 0.3) is 0 Å². The number of halogens is 3. The third-order valence-corrected chi connectivity index (χ3v) is 5.23. The van der Waals surface area contributed by atoms with E-state index in [4.69, 9.17) is 11.0 Å². The number of hydrogen-bond acceptors (Lipinski definition) is 5. The van der Waals surface area contributed by atoms with E-state index < -0.39 is 101 Å². The zero-order chi connectivity index (χ0) is 29.8. The number of piperazine rings is 1. The summed E-state index contributed by atoms with van der Waals surface area (Å²) in [6, 6.07) is -1.34. The first-order chi connectivity index (χ1) is 17.5. The molecule has 0 aromatic heterocycles. The number of nitrogens with one attached hydrogen (secondary N) is 1. The molecule has 3 aliphatic heterocycles. The van der Waals surface area contributed by atoms with Crippen molar-refractivity contribution in [1.82, 2.24) is 15.1 Å². The average molecular weight is 446 g/mol. The summed E-state index contributed by atoms with van der Waals surface area (Å²) in [6.45, 7) is -11.3. The SMILES string of the molecule is [2H]C1([2H])N(c2c(F)c(F)c3c(c2F)CN([C@@H]2CCC(=O)NC2=O)C3=O)C([2H])([2H])C([2H])([2H])N(C(C)(C)C)C1([2H])[2H]. The monoisotopic (exact) mass is 446 g/mol. The molecule has 1 atom stereocenters. The van der Waals surface area contributed by atoms with Crippen LogP contribution in [0.3, 0.4) is 0 Å². The van der Waals surface area contributed by atoms with E-state index in [2.05, 4.69) is 0 Å². The van der Waals surface area contributed by atoms with Crippen LogP contribution in [0.2, 0.25) is 0 Å². The van der Waals surface area contributed by atoms with Crippen molar-refractivity contribution in [1.29, 1.82) is 0 Å². The molecule has 0 saturated carbocycles. The van der Waals surface area contributed by atoms with Gasteiger partial charge in [0.25, 0.3) is 5.91 Å². The Hall–Kier alpha value is -2.62. The fourth-order valence-corrected chi connectivity index (χ4v) is 3.58. The number of amides is 3. The highest BCUT2D eigenvalue weighted by molar-refractivity contribution is 6.05. The van der Waals surface area contributed by atoms with Gasteiger partial charge in [-0.15, -0.1) is 0 Å². The number of carbonyl (C=O) groups is 3. The van der Waals surface area contributed by atoms with Crippen LogP contribution in [0.15, 0.2) is 0 Å². The summed E-state index contributed by atoms with van der Waals surface area (Å²) in [6.07, 6.45) is -0.382. The van der Waals surface area contributed by atoms with Gasteiger partial charge in [-0.1, -0.05) is 0 Å². The van der Waals surface area contributed by atoms with Crippen LogP contribution in [-0.4, -0.2) is 65.1 Å². The van der Waals surface area contributed by atoms with Gasteiger partial charge in [0.15, 0.2) is 17.5 Å². The zero-order valence-electron chi connectivity index (χ0n) is 24.9. The molecule has 4 rings (SSSR count). The minimum absolute atomic E-state index is 0.191. The van der Waals surface area contributed by atoms with E-state index in [-0.39, 0.29) is 17.7 Å². The van der Waals surface area contributed by atoms with Crippen molar-refractivity contribution < 1.29 is 38.5 Å². The molecule has 1 aromatic rings. The second-order valence-corrected chi connectivity index (χ2v) is 8.33. The second kappa shape index (κ2) is 7.51. The van der Waals surface area contributed by atoms with Crippen LogP contribution >= 0.6 is 0 Å². The summed E-state index contributed by atoms with van der Waals surface area (Å²) in [5.74, 6) is -8.93. The predicted molar refractivity (Wildman–Crippen MR) is 106 cm³/mol. The number of anilines is 1. The fraction of sp³-hybridized carbons (Fsp3) is 0.571. The van der Waals surface area contributed by atoms with E-state index in [1.54, 1.807) is 0 Å². The van der Waals surface area contributed by atoms with Crippen LogP contribution in [0, 0.1) is 17.5 Å². The molecule has 10 heteroatoms. The summed E-state index contributed by atoms with van der Waals surface area (Å²) in [4.78, 5) is 37.2. The third-order valence-electron chi connectivity index (χ3n) is 5.23. The highest BCUT2D eigenvalue weighted by atomic mass is 19.2. The summed E-state index contributed by atoms with van der Waals surface area (Å²) >= 11 is 0. The number of hydrogen-bond donors (Lipinski definition) is 1. The van der Waals surface area contributed by atoms with E-state index in [1.165, 1.54) is 20.8 Å². The molecule has 0 bridgehead atoms. The van der Waals surface area contributed by atoms with E-state index >= 15 is 13.2 Å². The molecule has 3 aliphatic rings. The second-order valence-electron chi connectivity index (χ2n) is 8.33. The maximum atomic E-state index is 16.0. The summed E-state index contributed by atoms with van der Waals surface area (Å²) < 4.78 is 115. The molecule has 168 valence electrons. The average Bonchev–Trinajstić information content (AvgIpc) is 3.09. The molecule has 1 aromatic carbocycles. The lowest BCUT2D eigenvalue weighted by atomic mass is 10.0. The van der Waals surface area contributed by atoms with Crippen molar-refractivity contribution in [2.45, 2.75) is 51.7 Å². The number of imide groups is 1. The van der Waals surface area contributed by atoms with E-state index in [9.17, 15) is 14.4 Å². The van der Waals surface area contributed by atoms with Gasteiger partial charge in [-0.05, 0) is 27.2 Å². The lowest BCUT2D eigenvalue weighted by molar-refractivity contribution is -0.136. The highest BCUT2D eigenvalue weighted by Crippen LogP contribution is 2.38. The van der Waals surface area contributed by atoms with Gasteiger partial charge >= 0.3 is 0 Å². The van der Waals surface area contributed by atoms with Gasteiger partial charge in [-0.3, -0.25) is 24.6 Å². The first kappa shape index (κ1) is 13.7. The van der Waals surface area contributed by atoms with Gasteiger partial charge < -0.3 is 9.80 Å². The van der Waals surface area contributed by atoms with Crippen LogP contribution in [-0.2, 0) is 16.1 Å². The number of piperidine rings is 1. The normalized spacial score (nSPS) is 33.1. The number of nitrogens with zero attached hydrogens (tertiary/aromatic N) is 3. The molecule has 3 heterocycles. The van der Waals surface area contributed by atoms with Crippen LogP contribution in [0.5, 0.6) is 0 Å². The van der Waals surface area contributed by atoms with Crippen molar-refractivity contribution in [3.8, 4) is 0 Å². The van der Waals surface area contributed by atoms with Gasteiger partial charge in [0, 0.05) is 49.0 Å². The Labute approximate surface area is 189 Å². The van der Waals surface area contributed by atoms with Crippen molar-refractivity contribution in [2.24, 2.45) is 0 Å². The minimum Gasteiger partial charge on any atom is -0.364 e. The number of fused-ring (bicyclic) bond motifs is 1. The number of carbonyl (C=O) groups excluding carboxylic acids is 3. The quantitative estimate of drug-likeness (QED) is 0.554. The Morgan fingerprint density at radius 3 is 2.23 bits per heavy atom. The predicted octanol–water partition coefficient (Wildman–Crippen LogP) is 1.79. The highest BCUT2D eigenvalue weighted by Gasteiger charge is 2.44. The third kappa shape index (κ3) is 3.56. The molecule has 31 heavy (non-hydrogen) atoms. The van der Waals surface area contributed by atoms with Crippen molar-refractivity contribution >= 4 is 23.4 Å². The van der Waals surface area contributed by atoms with Gasteiger partial charge in [0.1, 0.15) is 11.7 Å². The zero-order valence-corrected chi connectivity index (χ0v) is 16.9. The summed E-state index contributed by atoms with van der Waals surface area (Å²) in [5, 5.41) is 1.98. The van der Waals surface area contributed by atoms with E-state index in [0.717, 1.165) is 0 Å². The van der Waals surface area contributed by atoms with E-state index in [1.807, 2.05) is 5.32 Å². The molecule has 0 aliphatic carbocycles. The van der Waals surface area contributed by atoms with Gasteiger partial charge in [0.2, 0.25) is 11.8 Å². The first-order valence-corrected chi connectivity index (χ1v) is 9.47. The minimum atomic E-state index is -3.70. The molecule has 1 N–H and O–H groups in total. The van der Waals surface area contributed by atoms with Gasteiger partial charge in [0.05, 0.1) is 17.6 Å². The molecule has 2 saturated heterocycles. The topological polar surface area (TPSA) is 73.0 Å². The molecular formula is C21H25F3N4O3. The molecule has 3 amide bonds. The summed E-state index contributed by atoms with van der Waals surface area (Å²) in [7, 11) is 0. The maximum Gasteiger partial charge on any atom is 0.258 e. The molecule has 0 radical (unpaired) electrons. The van der Waals surface area contributed by atoms with Gasteiger partial charge in [-0.25, -0.2) is 13.2 Å². The first-order valence-electron chi connectivity index (χ1n) is 13.5. The molecule has 7 nitrogen and oxygen atoms in total. The molecule has 0 spiro atoms. The van der Waals surface area contributed by atoms with Crippen molar-refractivity contribution in [2.75, 3.05) is 30.9 Å². The number of benzene rings is 1. The fourth-order valence-electron chi connectivity index (χ4n) is 3.58. The standard InChI is InChI=1S/C21H25F3N4O3/c1-21(2,3)27-8-6-26(7-9-27)18-15(22)11-10-28(12-4-5-13(29)25-19(12)30)20(31)14(11)16(23)17(18)24/h12H,4-10H2,1-3H3,(H,25,29,30)/t12-/m1/s1/i6D2,7D2,8D2,9D2. The van der Waals surface area contributed by atoms with E-state index in [0.29, 0.717) is 4.90 Å². The Bertz CT molecular complexity index is 1280. The lowest BCUT2D eigenvalue weighted by Gasteiger charge is -2.43. The molecular weight excluding hydrogens is 413 g/mol. The smallest absolute Gasteiger partial charge is 0.258 e. The Morgan fingerprint density at radius 2 is 1.65 bits per heavy atom. The molecule has 0 unspecified atom stereocenters. The summed E-state index contributed by atoms with van der Waals surface area (Å²) in [5.41, 5.74) is -5.28. The maximum absolute atomic E-state index is 16.0. The van der Waals surface area contributed by atoms with Crippen molar-refractivity contribution in [3.05, 3.63) is 28.6 Å². The van der Waals surface area contributed by atoms with Gasteiger partial charge in [-0.2, -0.15) is 0 Å². The Morgan fingerprint density at radius 1 is 1.00 bits per heavy atom. The van der Waals surface area contributed by atoms with Crippen LogP contribution < -0.4 is 10.2 Å². The lowest BCUT2D eigenvalue weighted by Crippen LogP contribution is -2.53. The van der Waals surface area contributed by atoms with Crippen LogP contribution in [0.1, 0.15) is 60.5 Å². The number of rotatable bonds is 2. The molecule has 2 fully saturated rings. The van der Waals surface area contributed by atoms with Crippen LogP contribution in [0.4, 0.5) is 18.9 Å². The Balaban J connectivity index is 1.92. The Kier molecular flexibility index (Phi) is 3.32.